The van der Waals surface area contributed by atoms with Crippen LogP contribution >= 0.6 is 11.6 Å². The maximum Gasteiger partial charge on any atom is 0.246 e. The van der Waals surface area contributed by atoms with Crippen LogP contribution < -0.4 is 10.1 Å². The highest BCUT2D eigenvalue weighted by atomic mass is 35.5. The molecule has 0 fully saturated rings. The number of hydrogen-bond acceptors (Lipinski definition) is 3. The van der Waals surface area contributed by atoms with Crippen LogP contribution in [0.5, 0.6) is 5.75 Å². The summed E-state index contributed by atoms with van der Waals surface area (Å²) in [6.45, 7) is 8.24. The van der Waals surface area contributed by atoms with Crippen molar-refractivity contribution in [3.8, 4) is 5.75 Å². The summed E-state index contributed by atoms with van der Waals surface area (Å²) in [6.07, 6.45) is 4.40. The van der Waals surface area contributed by atoms with Crippen LogP contribution in [0.4, 0.5) is 0 Å². The van der Waals surface area contributed by atoms with Gasteiger partial charge in [-0.05, 0) is 45.4 Å². The zero-order valence-electron chi connectivity index (χ0n) is 14.4. The van der Waals surface area contributed by atoms with Crippen molar-refractivity contribution in [2.24, 2.45) is 0 Å². The Bertz CT molecular complexity index is 783. The Morgan fingerprint density at radius 1 is 1.46 bits per heavy atom. The average Bonchev–Trinajstić information content (AvgIpc) is 3.14. The van der Waals surface area contributed by atoms with Gasteiger partial charge >= 0.3 is 0 Å². The molecule has 0 unspecified atom stereocenters. The van der Waals surface area contributed by atoms with E-state index >= 15 is 0 Å². The first-order valence-corrected chi connectivity index (χ1v) is 8.44. The molecule has 2 aromatic rings. The SMILES string of the molecule is Cc1cn(C(C)(C)C(=O)N[C@@H](C)c2cc(Cl)cc3c2OCC3)cn1. The van der Waals surface area contributed by atoms with E-state index in [0.29, 0.717) is 11.6 Å². The molecule has 1 aliphatic rings. The summed E-state index contributed by atoms with van der Waals surface area (Å²) >= 11 is 6.22. The summed E-state index contributed by atoms with van der Waals surface area (Å²) in [5.74, 6) is 0.766. The Kier molecular flexibility index (Phi) is 4.30. The van der Waals surface area contributed by atoms with Crippen molar-refractivity contribution in [1.82, 2.24) is 14.9 Å². The molecular formula is C18H22ClN3O2. The number of carbonyl (C=O) groups excluding carboxylic acids is 1. The Labute approximate surface area is 147 Å². The number of amides is 1. The van der Waals surface area contributed by atoms with Crippen LogP contribution in [0.1, 0.15) is 43.6 Å². The van der Waals surface area contributed by atoms with Gasteiger partial charge in [-0.3, -0.25) is 4.79 Å². The van der Waals surface area contributed by atoms with E-state index in [1.165, 1.54) is 0 Å². The minimum atomic E-state index is -0.738. The fourth-order valence-electron chi connectivity index (χ4n) is 2.91. The minimum absolute atomic E-state index is 0.0841. The maximum atomic E-state index is 12.8. The highest BCUT2D eigenvalue weighted by molar-refractivity contribution is 6.30. The highest BCUT2D eigenvalue weighted by Gasteiger charge is 2.31. The second-order valence-electron chi connectivity index (χ2n) is 6.76. The first-order chi connectivity index (χ1) is 11.3. The molecular weight excluding hydrogens is 326 g/mol. The van der Waals surface area contributed by atoms with Gasteiger partial charge in [0.1, 0.15) is 11.3 Å². The lowest BCUT2D eigenvalue weighted by Gasteiger charge is -2.28. The molecule has 1 atom stereocenters. The van der Waals surface area contributed by atoms with Crippen LogP contribution in [0.2, 0.25) is 5.02 Å². The summed E-state index contributed by atoms with van der Waals surface area (Å²) in [7, 11) is 0. The van der Waals surface area contributed by atoms with Gasteiger partial charge in [0.05, 0.1) is 24.7 Å². The fourth-order valence-corrected chi connectivity index (χ4v) is 3.16. The Balaban J connectivity index is 1.82. The number of rotatable bonds is 4. The van der Waals surface area contributed by atoms with Crippen LogP contribution in [0, 0.1) is 6.92 Å². The van der Waals surface area contributed by atoms with Gasteiger partial charge in [0, 0.05) is 23.2 Å². The fraction of sp³-hybridized carbons (Fsp3) is 0.444. The minimum Gasteiger partial charge on any atom is -0.493 e. The molecule has 0 saturated carbocycles. The van der Waals surface area contributed by atoms with Crippen molar-refractivity contribution >= 4 is 17.5 Å². The highest BCUT2D eigenvalue weighted by Crippen LogP contribution is 2.36. The van der Waals surface area contributed by atoms with E-state index in [0.717, 1.165) is 29.0 Å². The van der Waals surface area contributed by atoms with E-state index in [4.69, 9.17) is 16.3 Å². The number of carbonyl (C=O) groups is 1. The van der Waals surface area contributed by atoms with Crippen molar-refractivity contribution in [3.63, 3.8) is 0 Å². The van der Waals surface area contributed by atoms with E-state index in [-0.39, 0.29) is 11.9 Å². The first-order valence-electron chi connectivity index (χ1n) is 8.06. The molecule has 2 heterocycles. The number of nitrogens with zero attached hydrogens (tertiary/aromatic N) is 2. The summed E-state index contributed by atoms with van der Waals surface area (Å²) in [6, 6.07) is 3.59. The summed E-state index contributed by atoms with van der Waals surface area (Å²) in [5.41, 5.74) is 2.16. The van der Waals surface area contributed by atoms with Gasteiger partial charge in [-0.2, -0.15) is 0 Å². The number of benzene rings is 1. The molecule has 0 saturated heterocycles. The lowest BCUT2D eigenvalue weighted by Crippen LogP contribution is -2.44. The normalized spacial score (nSPS) is 14.9. The molecule has 24 heavy (non-hydrogen) atoms. The number of ether oxygens (including phenoxy) is 1. The Morgan fingerprint density at radius 3 is 2.88 bits per heavy atom. The molecule has 1 aromatic carbocycles. The number of fused-ring (bicyclic) bond motifs is 1. The first kappa shape index (κ1) is 16.8. The van der Waals surface area contributed by atoms with Crippen LogP contribution in [-0.4, -0.2) is 22.1 Å². The van der Waals surface area contributed by atoms with Crippen molar-refractivity contribution in [3.05, 3.63) is 46.5 Å². The van der Waals surface area contributed by atoms with Gasteiger partial charge in [-0.25, -0.2) is 4.98 Å². The van der Waals surface area contributed by atoms with E-state index in [2.05, 4.69) is 10.3 Å². The number of imidazole rings is 1. The van der Waals surface area contributed by atoms with E-state index in [1.807, 2.05) is 50.6 Å². The molecule has 0 bridgehead atoms. The molecule has 0 spiro atoms. The summed E-state index contributed by atoms with van der Waals surface area (Å²) < 4.78 is 7.56. The summed E-state index contributed by atoms with van der Waals surface area (Å²) in [5, 5.41) is 3.74. The van der Waals surface area contributed by atoms with Crippen LogP contribution in [0.3, 0.4) is 0 Å². The van der Waals surface area contributed by atoms with Gasteiger partial charge in [-0.1, -0.05) is 11.6 Å². The molecule has 1 aliphatic heterocycles. The van der Waals surface area contributed by atoms with Gasteiger partial charge in [0.25, 0.3) is 0 Å². The number of nitrogens with one attached hydrogen (secondary N) is 1. The van der Waals surface area contributed by atoms with Gasteiger partial charge in [-0.15, -0.1) is 0 Å². The van der Waals surface area contributed by atoms with Gasteiger partial charge in [0.2, 0.25) is 5.91 Å². The van der Waals surface area contributed by atoms with Crippen molar-refractivity contribution in [1.29, 1.82) is 0 Å². The Morgan fingerprint density at radius 2 is 2.21 bits per heavy atom. The smallest absolute Gasteiger partial charge is 0.246 e. The zero-order valence-corrected chi connectivity index (χ0v) is 15.1. The summed E-state index contributed by atoms with van der Waals surface area (Å²) in [4.78, 5) is 17.0. The molecule has 0 radical (unpaired) electrons. The van der Waals surface area contributed by atoms with Crippen LogP contribution in [0.15, 0.2) is 24.7 Å². The van der Waals surface area contributed by atoms with E-state index < -0.39 is 5.54 Å². The molecule has 128 valence electrons. The predicted molar refractivity (Wildman–Crippen MR) is 93.5 cm³/mol. The largest absolute Gasteiger partial charge is 0.493 e. The standard InChI is InChI=1S/C18H22ClN3O2/c1-11-9-22(10-20-11)18(3,4)17(23)21-12(2)15-8-14(19)7-13-5-6-24-16(13)15/h7-10,12H,5-6H2,1-4H3,(H,21,23)/t12-/m0/s1. The zero-order chi connectivity index (χ0) is 17.5. The molecule has 1 N–H and O–H groups in total. The quantitative estimate of drug-likeness (QED) is 0.922. The monoisotopic (exact) mass is 347 g/mol. The Hall–Kier alpha value is -2.01. The number of halogens is 1. The van der Waals surface area contributed by atoms with Gasteiger partial charge in [0.15, 0.2) is 0 Å². The van der Waals surface area contributed by atoms with Crippen molar-refractivity contribution in [2.45, 2.75) is 45.7 Å². The number of aromatic nitrogens is 2. The average molecular weight is 348 g/mol. The van der Waals surface area contributed by atoms with Crippen molar-refractivity contribution < 1.29 is 9.53 Å². The maximum absolute atomic E-state index is 12.8. The van der Waals surface area contributed by atoms with E-state index in [9.17, 15) is 4.79 Å². The molecule has 1 amide bonds. The van der Waals surface area contributed by atoms with Gasteiger partial charge < -0.3 is 14.6 Å². The topological polar surface area (TPSA) is 56.2 Å². The number of aryl methyl sites for hydroxylation is 1. The second-order valence-corrected chi connectivity index (χ2v) is 7.19. The third kappa shape index (κ3) is 3.00. The molecule has 5 nitrogen and oxygen atoms in total. The van der Waals surface area contributed by atoms with Crippen LogP contribution in [0.25, 0.3) is 0 Å². The lowest BCUT2D eigenvalue weighted by atomic mass is 10.00. The number of hydrogen-bond donors (Lipinski definition) is 1. The predicted octanol–water partition coefficient (Wildman–Crippen LogP) is 3.39. The molecule has 0 aliphatic carbocycles. The third-order valence-electron chi connectivity index (χ3n) is 4.50. The third-order valence-corrected chi connectivity index (χ3v) is 4.72. The van der Waals surface area contributed by atoms with Crippen molar-refractivity contribution in [2.75, 3.05) is 6.61 Å². The molecule has 1 aromatic heterocycles. The van der Waals surface area contributed by atoms with Crippen LogP contribution in [-0.2, 0) is 16.8 Å². The molecule has 3 rings (SSSR count). The second kappa shape index (κ2) is 6.13. The lowest BCUT2D eigenvalue weighted by molar-refractivity contribution is -0.129. The van der Waals surface area contributed by atoms with E-state index in [1.54, 1.807) is 6.33 Å². The molecule has 6 heteroatoms.